The molecule has 5 heteroatoms. The summed E-state index contributed by atoms with van der Waals surface area (Å²) < 4.78 is 15.3. The van der Waals surface area contributed by atoms with Crippen molar-refractivity contribution in [2.75, 3.05) is 20.8 Å². The van der Waals surface area contributed by atoms with Crippen LogP contribution in [0.2, 0.25) is 0 Å². The topological polar surface area (TPSA) is 53.5 Å². The molecule has 0 spiro atoms. The molecule has 0 aliphatic heterocycles. The SMILES string of the molecule is CCOc1nccc(C(OC)OC)n1. The molecule has 0 aliphatic rings. The summed E-state index contributed by atoms with van der Waals surface area (Å²) in [5.74, 6) is 0. The van der Waals surface area contributed by atoms with Crippen molar-refractivity contribution < 1.29 is 14.2 Å². The zero-order valence-electron chi connectivity index (χ0n) is 8.56. The Morgan fingerprint density at radius 3 is 2.64 bits per heavy atom. The average Bonchev–Trinajstić information content (AvgIpc) is 2.21. The second kappa shape index (κ2) is 5.51. The second-order valence-electron chi connectivity index (χ2n) is 2.50. The Balaban J connectivity index is 2.81. The highest BCUT2D eigenvalue weighted by Crippen LogP contribution is 2.15. The molecule has 1 rings (SSSR count). The molecule has 0 amide bonds. The summed E-state index contributed by atoms with van der Waals surface area (Å²) in [5.41, 5.74) is 0.647. The minimum Gasteiger partial charge on any atom is -0.464 e. The van der Waals surface area contributed by atoms with Crippen LogP contribution in [0.1, 0.15) is 18.9 Å². The maximum atomic E-state index is 5.15. The summed E-state index contributed by atoms with van der Waals surface area (Å²) in [6, 6.07) is 2.06. The van der Waals surface area contributed by atoms with E-state index in [1.165, 1.54) is 0 Å². The first-order valence-electron chi connectivity index (χ1n) is 4.33. The fraction of sp³-hybridized carbons (Fsp3) is 0.556. The molecule has 78 valence electrons. The van der Waals surface area contributed by atoms with Crippen molar-refractivity contribution in [1.29, 1.82) is 0 Å². The summed E-state index contributed by atoms with van der Waals surface area (Å²) in [6.07, 6.45) is 1.13. The Kier molecular flexibility index (Phi) is 4.28. The van der Waals surface area contributed by atoms with E-state index in [1.54, 1.807) is 26.5 Å². The van der Waals surface area contributed by atoms with E-state index in [9.17, 15) is 0 Å². The van der Waals surface area contributed by atoms with Gasteiger partial charge >= 0.3 is 6.01 Å². The van der Waals surface area contributed by atoms with E-state index in [-0.39, 0.29) is 0 Å². The smallest absolute Gasteiger partial charge is 0.316 e. The molecule has 5 nitrogen and oxygen atoms in total. The second-order valence-corrected chi connectivity index (χ2v) is 2.50. The Morgan fingerprint density at radius 2 is 2.07 bits per heavy atom. The van der Waals surface area contributed by atoms with E-state index < -0.39 is 6.29 Å². The number of ether oxygens (including phenoxy) is 3. The van der Waals surface area contributed by atoms with Crippen molar-refractivity contribution in [2.45, 2.75) is 13.2 Å². The summed E-state index contributed by atoms with van der Waals surface area (Å²) in [6.45, 7) is 2.41. The zero-order chi connectivity index (χ0) is 10.4. The van der Waals surface area contributed by atoms with Crippen LogP contribution < -0.4 is 4.74 Å². The van der Waals surface area contributed by atoms with Crippen LogP contribution >= 0.6 is 0 Å². The molecule has 0 radical (unpaired) electrons. The molecule has 0 fully saturated rings. The Bertz CT molecular complexity index is 277. The number of rotatable bonds is 5. The lowest BCUT2D eigenvalue weighted by atomic mass is 10.4. The molecular formula is C9H14N2O3. The molecule has 0 atom stereocenters. The van der Waals surface area contributed by atoms with Gasteiger partial charge in [0.1, 0.15) is 5.69 Å². The van der Waals surface area contributed by atoms with Crippen molar-refractivity contribution in [2.24, 2.45) is 0 Å². The Labute approximate surface area is 83.0 Å². The summed E-state index contributed by atoms with van der Waals surface area (Å²) in [4.78, 5) is 8.06. The quantitative estimate of drug-likeness (QED) is 0.665. The predicted molar refractivity (Wildman–Crippen MR) is 50.0 cm³/mol. The predicted octanol–water partition coefficient (Wildman–Crippen LogP) is 1.17. The van der Waals surface area contributed by atoms with E-state index in [4.69, 9.17) is 14.2 Å². The van der Waals surface area contributed by atoms with Gasteiger partial charge in [0.05, 0.1) is 6.61 Å². The van der Waals surface area contributed by atoms with Gasteiger partial charge < -0.3 is 14.2 Å². The lowest BCUT2D eigenvalue weighted by Crippen LogP contribution is -2.08. The summed E-state index contributed by atoms with van der Waals surface area (Å²) >= 11 is 0. The molecule has 0 unspecified atom stereocenters. The molecule has 14 heavy (non-hydrogen) atoms. The fourth-order valence-electron chi connectivity index (χ4n) is 1.02. The zero-order valence-corrected chi connectivity index (χ0v) is 8.56. The van der Waals surface area contributed by atoms with Gasteiger partial charge in [0.2, 0.25) is 6.29 Å². The highest BCUT2D eigenvalue weighted by Gasteiger charge is 2.11. The van der Waals surface area contributed by atoms with Crippen LogP contribution in [0.5, 0.6) is 6.01 Å². The average molecular weight is 198 g/mol. The Hall–Kier alpha value is -1.20. The van der Waals surface area contributed by atoms with Crippen LogP contribution in [-0.2, 0) is 9.47 Å². The first-order valence-corrected chi connectivity index (χ1v) is 4.33. The first-order chi connectivity index (χ1) is 6.81. The normalized spacial score (nSPS) is 10.6. The van der Waals surface area contributed by atoms with Crippen LogP contribution in [0.4, 0.5) is 0 Å². The molecule has 0 saturated heterocycles. The highest BCUT2D eigenvalue weighted by atomic mass is 16.7. The lowest BCUT2D eigenvalue weighted by molar-refractivity contribution is -0.108. The summed E-state index contributed by atoms with van der Waals surface area (Å²) in [7, 11) is 3.10. The van der Waals surface area contributed by atoms with Crippen LogP contribution in [0.15, 0.2) is 12.3 Å². The lowest BCUT2D eigenvalue weighted by Gasteiger charge is -2.12. The van der Waals surface area contributed by atoms with Crippen molar-refractivity contribution in [3.63, 3.8) is 0 Å². The molecule has 1 aromatic heterocycles. The van der Waals surface area contributed by atoms with Gasteiger partial charge in [-0.3, -0.25) is 0 Å². The van der Waals surface area contributed by atoms with Gasteiger partial charge in [-0.2, -0.15) is 4.98 Å². The third-order valence-electron chi connectivity index (χ3n) is 1.60. The van der Waals surface area contributed by atoms with Crippen molar-refractivity contribution in [3.05, 3.63) is 18.0 Å². The van der Waals surface area contributed by atoms with E-state index in [0.29, 0.717) is 18.3 Å². The largest absolute Gasteiger partial charge is 0.464 e. The molecule has 0 bridgehead atoms. The number of hydrogen-bond donors (Lipinski definition) is 0. The third kappa shape index (κ3) is 2.65. The highest BCUT2D eigenvalue weighted by molar-refractivity contribution is 5.06. The van der Waals surface area contributed by atoms with E-state index in [2.05, 4.69) is 9.97 Å². The number of aromatic nitrogens is 2. The molecular weight excluding hydrogens is 184 g/mol. The van der Waals surface area contributed by atoms with Gasteiger partial charge in [-0.05, 0) is 13.0 Å². The molecule has 1 heterocycles. The number of hydrogen-bond acceptors (Lipinski definition) is 5. The Morgan fingerprint density at radius 1 is 1.36 bits per heavy atom. The van der Waals surface area contributed by atoms with Gasteiger partial charge in [0.25, 0.3) is 0 Å². The van der Waals surface area contributed by atoms with Crippen molar-refractivity contribution >= 4 is 0 Å². The van der Waals surface area contributed by atoms with Gasteiger partial charge in [-0.15, -0.1) is 0 Å². The molecule has 0 aliphatic carbocycles. The van der Waals surface area contributed by atoms with Crippen molar-refractivity contribution in [1.82, 2.24) is 9.97 Å². The van der Waals surface area contributed by atoms with Gasteiger partial charge in [0.15, 0.2) is 0 Å². The van der Waals surface area contributed by atoms with Gasteiger partial charge in [-0.25, -0.2) is 4.98 Å². The minimum absolute atomic E-state index is 0.337. The fourth-order valence-corrected chi connectivity index (χ4v) is 1.02. The van der Waals surface area contributed by atoms with E-state index in [1.807, 2.05) is 6.92 Å². The molecule has 0 N–H and O–H groups in total. The maximum absolute atomic E-state index is 5.15. The minimum atomic E-state index is -0.475. The molecule has 0 saturated carbocycles. The molecule has 0 aromatic carbocycles. The standard InChI is InChI=1S/C9H14N2O3/c1-4-14-9-10-6-5-7(11-9)8(12-2)13-3/h5-6,8H,4H2,1-3H3. The van der Waals surface area contributed by atoms with Crippen LogP contribution in [-0.4, -0.2) is 30.8 Å². The van der Waals surface area contributed by atoms with E-state index in [0.717, 1.165) is 0 Å². The van der Waals surface area contributed by atoms with E-state index >= 15 is 0 Å². The number of nitrogens with zero attached hydrogens (tertiary/aromatic N) is 2. The monoisotopic (exact) mass is 198 g/mol. The third-order valence-corrected chi connectivity index (χ3v) is 1.60. The molecule has 1 aromatic rings. The van der Waals surface area contributed by atoms with Crippen LogP contribution in [0.25, 0.3) is 0 Å². The summed E-state index contributed by atoms with van der Waals surface area (Å²) in [5, 5.41) is 0. The van der Waals surface area contributed by atoms with Crippen LogP contribution in [0.3, 0.4) is 0 Å². The van der Waals surface area contributed by atoms with Gasteiger partial charge in [-0.1, -0.05) is 0 Å². The van der Waals surface area contributed by atoms with Crippen molar-refractivity contribution in [3.8, 4) is 6.01 Å². The number of methoxy groups -OCH3 is 2. The maximum Gasteiger partial charge on any atom is 0.316 e. The van der Waals surface area contributed by atoms with Crippen LogP contribution in [0, 0.1) is 0 Å². The van der Waals surface area contributed by atoms with Gasteiger partial charge in [0, 0.05) is 20.4 Å². The first kappa shape index (κ1) is 10.9.